The van der Waals surface area contributed by atoms with Crippen molar-refractivity contribution in [2.75, 3.05) is 7.05 Å². The van der Waals surface area contributed by atoms with E-state index in [2.05, 4.69) is 25.5 Å². The summed E-state index contributed by atoms with van der Waals surface area (Å²) in [5, 5.41) is 18.1. The van der Waals surface area contributed by atoms with Gasteiger partial charge in [-0.05, 0) is 12.5 Å². The molecule has 0 unspecified atom stereocenters. The van der Waals surface area contributed by atoms with Crippen LogP contribution in [0.3, 0.4) is 0 Å². The first-order valence-electron chi connectivity index (χ1n) is 8.40. The molecule has 148 valence electrons. The largest absolute Gasteiger partial charge is 0.483 e. The third-order valence-corrected chi connectivity index (χ3v) is 3.86. The van der Waals surface area contributed by atoms with Gasteiger partial charge in [0, 0.05) is 37.5 Å². The topological polar surface area (TPSA) is 148 Å². The molecule has 28 heavy (non-hydrogen) atoms. The van der Waals surface area contributed by atoms with E-state index in [-0.39, 0.29) is 24.4 Å². The van der Waals surface area contributed by atoms with E-state index in [4.69, 9.17) is 9.90 Å². The SMILES string of the molecule is CCc1[nH]c(=O)ccc1-c1nc(CC(=O)NC)nn1-c1ccnn1C.O=CO. The van der Waals surface area contributed by atoms with Crippen LogP contribution in [0.25, 0.3) is 17.2 Å². The average Bonchev–Trinajstić information content (AvgIpc) is 3.27. The minimum Gasteiger partial charge on any atom is -0.483 e. The summed E-state index contributed by atoms with van der Waals surface area (Å²) < 4.78 is 3.30. The van der Waals surface area contributed by atoms with Crippen molar-refractivity contribution in [1.82, 2.24) is 34.8 Å². The molecule has 0 aliphatic carbocycles. The molecule has 0 bridgehead atoms. The predicted octanol–water partition coefficient (Wildman–Crippen LogP) is -0.0922. The van der Waals surface area contributed by atoms with Crippen molar-refractivity contribution in [3.8, 4) is 17.2 Å². The van der Waals surface area contributed by atoms with Crippen molar-refractivity contribution < 1.29 is 14.7 Å². The van der Waals surface area contributed by atoms with Gasteiger partial charge in [-0.1, -0.05) is 6.92 Å². The molecule has 0 aliphatic rings. The zero-order valence-electron chi connectivity index (χ0n) is 15.7. The number of nitrogens with zero attached hydrogens (tertiary/aromatic N) is 5. The molecular formula is C17H21N7O4. The number of aromatic nitrogens is 6. The standard InChI is InChI=1S/C16H19N7O2.CH2O2/c1-4-11-10(5-6-13(24)19-11)16-20-12(9-14(25)17-2)21-23(16)15-7-8-18-22(15)3;2-1-3/h5-8H,4,9H2,1-3H3,(H,17,25)(H,19,24);1H,(H,2,3). The van der Waals surface area contributed by atoms with Crippen LogP contribution < -0.4 is 10.9 Å². The Labute approximate surface area is 160 Å². The predicted molar refractivity (Wildman–Crippen MR) is 100 cm³/mol. The molecule has 0 spiro atoms. The minimum atomic E-state index is -0.250. The van der Waals surface area contributed by atoms with Gasteiger partial charge < -0.3 is 15.4 Å². The Bertz CT molecular complexity index is 1020. The Morgan fingerprint density at radius 3 is 2.64 bits per heavy atom. The Morgan fingerprint density at radius 1 is 1.36 bits per heavy atom. The molecular weight excluding hydrogens is 366 g/mol. The number of pyridine rings is 1. The number of carbonyl (C=O) groups excluding carboxylic acids is 1. The Hall–Kier alpha value is -3.76. The molecule has 3 N–H and O–H groups in total. The van der Waals surface area contributed by atoms with Gasteiger partial charge in [0.1, 0.15) is 0 Å². The highest BCUT2D eigenvalue weighted by atomic mass is 16.3. The molecule has 0 aromatic carbocycles. The second kappa shape index (κ2) is 9.26. The zero-order valence-corrected chi connectivity index (χ0v) is 15.7. The number of carbonyl (C=O) groups is 2. The Kier molecular flexibility index (Phi) is 6.79. The quantitative estimate of drug-likeness (QED) is 0.518. The fraction of sp³-hybridized carbons (Fsp3) is 0.294. The number of hydrogen-bond acceptors (Lipinski definition) is 6. The number of rotatable bonds is 5. The number of hydrogen-bond donors (Lipinski definition) is 3. The molecule has 0 atom stereocenters. The van der Waals surface area contributed by atoms with Crippen LogP contribution in [0.2, 0.25) is 0 Å². The van der Waals surface area contributed by atoms with Crippen LogP contribution in [0.15, 0.2) is 29.2 Å². The molecule has 0 fully saturated rings. The highest BCUT2D eigenvalue weighted by Gasteiger charge is 2.19. The van der Waals surface area contributed by atoms with Gasteiger partial charge in [0.25, 0.3) is 6.47 Å². The zero-order chi connectivity index (χ0) is 20.7. The molecule has 3 heterocycles. The fourth-order valence-corrected chi connectivity index (χ4v) is 2.58. The third kappa shape index (κ3) is 4.50. The van der Waals surface area contributed by atoms with Crippen molar-refractivity contribution >= 4 is 12.4 Å². The average molecular weight is 387 g/mol. The van der Waals surface area contributed by atoms with Crippen molar-refractivity contribution in [2.24, 2.45) is 7.05 Å². The van der Waals surface area contributed by atoms with Crippen molar-refractivity contribution in [3.63, 3.8) is 0 Å². The van der Waals surface area contributed by atoms with Crippen LogP contribution in [0.4, 0.5) is 0 Å². The molecule has 0 saturated heterocycles. The molecule has 0 radical (unpaired) electrons. The van der Waals surface area contributed by atoms with Crippen LogP contribution >= 0.6 is 0 Å². The molecule has 11 nitrogen and oxygen atoms in total. The van der Waals surface area contributed by atoms with Crippen LogP contribution in [-0.4, -0.2) is 54.1 Å². The number of amides is 1. The van der Waals surface area contributed by atoms with Gasteiger partial charge in [0.15, 0.2) is 17.5 Å². The lowest BCUT2D eigenvalue weighted by molar-refractivity contribution is -0.123. The minimum absolute atomic E-state index is 0.0686. The Balaban J connectivity index is 0.000000878. The molecule has 3 rings (SSSR count). The number of aryl methyl sites for hydroxylation is 2. The van der Waals surface area contributed by atoms with Gasteiger partial charge in [-0.25, -0.2) is 4.98 Å². The van der Waals surface area contributed by atoms with Crippen LogP contribution in [-0.2, 0) is 29.5 Å². The normalized spacial score (nSPS) is 10.1. The van der Waals surface area contributed by atoms with E-state index in [9.17, 15) is 9.59 Å². The molecule has 3 aromatic rings. The lowest BCUT2D eigenvalue weighted by Gasteiger charge is -2.09. The smallest absolute Gasteiger partial charge is 0.290 e. The summed E-state index contributed by atoms with van der Waals surface area (Å²) in [6.07, 6.45) is 2.36. The lowest BCUT2D eigenvalue weighted by atomic mass is 10.1. The van der Waals surface area contributed by atoms with Gasteiger partial charge in [-0.15, -0.1) is 5.10 Å². The number of nitrogens with one attached hydrogen (secondary N) is 2. The summed E-state index contributed by atoms with van der Waals surface area (Å²) in [5.41, 5.74) is 1.35. The van der Waals surface area contributed by atoms with Gasteiger partial charge in [-0.2, -0.15) is 9.78 Å². The first kappa shape index (κ1) is 20.6. The van der Waals surface area contributed by atoms with Gasteiger partial charge in [-0.3, -0.25) is 19.1 Å². The van der Waals surface area contributed by atoms with Crippen molar-refractivity contribution in [3.05, 3.63) is 46.3 Å². The summed E-state index contributed by atoms with van der Waals surface area (Å²) >= 11 is 0. The summed E-state index contributed by atoms with van der Waals surface area (Å²) in [6, 6.07) is 4.98. The van der Waals surface area contributed by atoms with E-state index >= 15 is 0 Å². The van der Waals surface area contributed by atoms with E-state index in [1.54, 1.807) is 41.8 Å². The maximum absolute atomic E-state index is 11.7. The van der Waals surface area contributed by atoms with Gasteiger partial charge in [0.05, 0.1) is 12.6 Å². The summed E-state index contributed by atoms with van der Waals surface area (Å²) in [6.45, 7) is 1.70. The van der Waals surface area contributed by atoms with Crippen molar-refractivity contribution in [2.45, 2.75) is 19.8 Å². The highest BCUT2D eigenvalue weighted by Crippen LogP contribution is 2.23. The summed E-state index contributed by atoms with van der Waals surface area (Å²) in [4.78, 5) is 39.0. The van der Waals surface area contributed by atoms with E-state index in [1.165, 1.54) is 6.07 Å². The first-order valence-corrected chi connectivity index (χ1v) is 8.40. The van der Waals surface area contributed by atoms with Crippen LogP contribution in [0.1, 0.15) is 18.4 Å². The maximum atomic E-state index is 11.7. The monoisotopic (exact) mass is 387 g/mol. The van der Waals surface area contributed by atoms with E-state index in [1.807, 2.05) is 6.92 Å². The van der Waals surface area contributed by atoms with E-state index < -0.39 is 0 Å². The highest BCUT2D eigenvalue weighted by molar-refractivity contribution is 5.77. The van der Waals surface area contributed by atoms with Crippen molar-refractivity contribution in [1.29, 1.82) is 0 Å². The van der Waals surface area contributed by atoms with Crippen LogP contribution in [0.5, 0.6) is 0 Å². The summed E-state index contributed by atoms with van der Waals surface area (Å²) in [7, 11) is 3.37. The Morgan fingerprint density at radius 2 is 2.07 bits per heavy atom. The van der Waals surface area contributed by atoms with Gasteiger partial charge in [0.2, 0.25) is 11.5 Å². The van der Waals surface area contributed by atoms with Gasteiger partial charge >= 0.3 is 0 Å². The number of aromatic amines is 1. The molecule has 3 aromatic heterocycles. The van der Waals surface area contributed by atoms with E-state index in [0.29, 0.717) is 23.9 Å². The number of carboxylic acid groups (broad SMARTS) is 1. The fourth-order valence-electron chi connectivity index (χ4n) is 2.58. The summed E-state index contributed by atoms with van der Waals surface area (Å²) in [5.74, 6) is 1.48. The second-order valence-electron chi connectivity index (χ2n) is 5.60. The van der Waals surface area contributed by atoms with E-state index in [0.717, 1.165) is 11.3 Å². The van der Waals surface area contributed by atoms with Crippen LogP contribution in [0, 0.1) is 0 Å². The number of likely N-dealkylation sites (N-methyl/N-ethyl adjacent to an activating group) is 1. The molecule has 0 aliphatic heterocycles. The maximum Gasteiger partial charge on any atom is 0.290 e. The molecule has 11 heteroatoms. The first-order chi connectivity index (χ1) is 13.4. The molecule has 0 saturated carbocycles. The molecule has 1 amide bonds. The lowest BCUT2D eigenvalue weighted by Crippen LogP contribution is -2.20. The number of H-pyrrole nitrogens is 1. The second-order valence-corrected chi connectivity index (χ2v) is 5.60. The third-order valence-electron chi connectivity index (χ3n) is 3.86.